The number of nitrogens with one attached hydrogen (secondary N) is 2. The van der Waals surface area contributed by atoms with Crippen LogP contribution in [0.25, 0.3) is 0 Å². The molecule has 0 aromatic heterocycles. The number of hydrogen-bond donors (Lipinski definition) is 7. The molecular formula is C18H31N5O7S. The Morgan fingerprint density at radius 3 is 2.32 bits per heavy atom. The van der Waals surface area contributed by atoms with Crippen LogP contribution in [0.3, 0.4) is 0 Å². The second-order valence-corrected chi connectivity index (χ2v) is 7.69. The fourth-order valence-electron chi connectivity index (χ4n) is 3.27. The van der Waals surface area contributed by atoms with Crippen LogP contribution in [0, 0.1) is 0 Å². The zero-order chi connectivity index (χ0) is 23.6. The van der Waals surface area contributed by atoms with E-state index in [1.807, 2.05) is 0 Å². The number of unbranched alkanes of at least 4 members (excludes halogenated alkanes) is 1. The molecule has 0 radical (unpaired) electrons. The van der Waals surface area contributed by atoms with E-state index in [9.17, 15) is 29.1 Å². The number of aliphatic carboxylic acids is 2. The molecule has 0 spiro atoms. The molecular weight excluding hydrogens is 430 g/mol. The van der Waals surface area contributed by atoms with Gasteiger partial charge in [0.25, 0.3) is 0 Å². The molecule has 1 fully saturated rings. The number of carbonyl (C=O) groups excluding carboxylic acids is 3. The Labute approximate surface area is 185 Å². The molecule has 0 saturated carbocycles. The summed E-state index contributed by atoms with van der Waals surface area (Å²) < 4.78 is 0. The third-order valence-electron chi connectivity index (χ3n) is 4.93. The summed E-state index contributed by atoms with van der Waals surface area (Å²) in [5.41, 5.74) is 11.1. The number of carboxylic acids is 2. The zero-order valence-electron chi connectivity index (χ0n) is 17.2. The van der Waals surface area contributed by atoms with Crippen molar-refractivity contribution in [2.24, 2.45) is 11.5 Å². The monoisotopic (exact) mass is 461 g/mol. The van der Waals surface area contributed by atoms with Gasteiger partial charge in [-0.05, 0) is 38.6 Å². The Kier molecular flexibility index (Phi) is 11.3. The highest BCUT2D eigenvalue weighted by Gasteiger charge is 2.38. The summed E-state index contributed by atoms with van der Waals surface area (Å²) in [6.45, 7) is 0.669. The summed E-state index contributed by atoms with van der Waals surface area (Å²) in [6, 6.07) is -4.54. The lowest BCUT2D eigenvalue weighted by molar-refractivity contribution is -0.144. The van der Waals surface area contributed by atoms with Crippen molar-refractivity contribution in [1.29, 1.82) is 0 Å². The highest BCUT2D eigenvalue weighted by Crippen LogP contribution is 2.19. The fraction of sp³-hybridized carbons (Fsp3) is 0.722. The maximum absolute atomic E-state index is 12.7. The molecule has 1 saturated heterocycles. The van der Waals surface area contributed by atoms with E-state index < -0.39 is 60.2 Å². The van der Waals surface area contributed by atoms with E-state index in [2.05, 4.69) is 23.3 Å². The Bertz CT molecular complexity index is 678. The van der Waals surface area contributed by atoms with Crippen LogP contribution in [0.1, 0.15) is 38.5 Å². The highest BCUT2D eigenvalue weighted by atomic mass is 32.1. The average Bonchev–Trinajstić information content (AvgIpc) is 3.20. The Balaban J connectivity index is 2.87. The highest BCUT2D eigenvalue weighted by molar-refractivity contribution is 7.80. The first-order valence-corrected chi connectivity index (χ1v) is 10.7. The molecule has 1 rings (SSSR count). The van der Waals surface area contributed by atoms with E-state index in [0.29, 0.717) is 38.8 Å². The minimum Gasteiger partial charge on any atom is -0.481 e. The molecule has 0 bridgehead atoms. The lowest BCUT2D eigenvalue weighted by Gasteiger charge is -2.28. The molecule has 176 valence electrons. The number of thiol groups is 1. The number of nitrogens with zero attached hydrogens (tertiary/aromatic N) is 1. The van der Waals surface area contributed by atoms with Crippen molar-refractivity contribution in [3.05, 3.63) is 0 Å². The van der Waals surface area contributed by atoms with Crippen LogP contribution in [-0.4, -0.2) is 87.8 Å². The summed E-state index contributed by atoms with van der Waals surface area (Å²) >= 11 is 3.98. The van der Waals surface area contributed by atoms with Gasteiger partial charge in [0.1, 0.15) is 18.1 Å². The number of rotatable bonds is 13. The summed E-state index contributed by atoms with van der Waals surface area (Å²) in [5, 5.41) is 23.0. The molecule has 4 unspecified atom stereocenters. The van der Waals surface area contributed by atoms with Crippen LogP contribution in [0.4, 0.5) is 0 Å². The molecule has 13 heteroatoms. The Morgan fingerprint density at radius 1 is 1.10 bits per heavy atom. The van der Waals surface area contributed by atoms with Crippen molar-refractivity contribution in [3.8, 4) is 0 Å². The third-order valence-corrected chi connectivity index (χ3v) is 5.32. The van der Waals surface area contributed by atoms with Crippen LogP contribution in [0.5, 0.6) is 0 Å². The van der Waals surface area contributed by atoms with Crippen LogP contribution in [0.15, 0.2) is 0 Å². The van der Waals surface area contributed by atoms with Crippen molar-refractivity contribution in [3.63, 3.8) is 0 Å². The number of carbonyl (C=O) groups is 5. The Hall–Kier alpha value is -2.38. The van der Waals surface area contributed by atoms with Crippen molar-refractivity contribution < 1.29 is 34.2 Å². The molecule has 31 heavy (non-hydrogen) atoms. The molecule has 8 N–H and O–H groups in total. The Morgan fingerprint density at radius 2 is 1.77 bits per heavy atom. The predicted octanol–water partition coefficient (Wildman–Crippen LogP) is -2.11. The van der Waals surface area contributed by atoms with Gasteiger partial charge in [-0.15, -0.1) is 0 Å². The molecule has 12 nitrogen and oxygen atoms in total. The third kappa shape index (κ3) is 8.34. The van der Waals surface area contributed by atoms with E-state index in [4.69, 9.17) is 16.6 Å². The molecule has 4 atom stereocenters. The summed E-state index contributed by atoms with van der Waals surface area (Å²) in [6.07, 6.45) is 1.25. The maximum Gasteiger partial charge on any atom is 0.326 e. The molecule has 1 aliphatic rings. The van der Waals surface area contributed by atoms with Crippen LogP contribution < -0.4 is 22.1 Å². The van der Waals surface area contributed by atoms with E-state index in [0.717, 1.165) is 0 Å². The maximum atomic E-state index is 12.7. The van der Waals surface area contributed by atoms with Gasteiger partial charge in [-0.1, -0.05) is 0 Å². The number of amides is 3. The fourth-order valence-corrected chi connectivity index (χ4v) is 3.42. The van der Waals surface area contributed by atoms with E-state index in [-0.39, 0.29) is 12.2 Å². The van der Waals surface area contributed by atoms with E-state index in [1.54, 1.807) is 0 Å². The lowest BCUT2D eigenvalue weighted by atomic mass is 10.1. The van der Waals surface area contributed by atoms with Crippen molar-refractivity contribution >= 4 is 42.3 Å². The smallest absolute Gasteiger partial charge is 0.326 e. The molecule has 0 aromatic carbocycles. The van der Waals surface area contributed by atoms with Gasteiger partial charge >= 0.3 is 11.9 Å². The molecule has 1 heterocycles. The lowest BCUT2D eigenvalue weighted by Crippen LogP contribution is -2.57. The average molecular weight is 462 g/mol. The van der Waals surface area contributed by atoms with E-state index in [1.165, 1.54) is 4.90 Å². The normalized spacial score (nSPS) is 18.7. The topological polar surface area (TPSA) is 205 Å². The van der Waals surface area contributed by atoms with Crippen molar-refractivity contribution in [2.75, 3.05) is 18.8 Å². The summed E-state index contributed by atoms with van der Waals surface area (Å²) in [4.78, 5) is 61.5. The number of carboxylic acid groups (broad SMARTS) is 2. The second kappa shape index (κ2) is 13.1. The van der Waals surface area contributed by atoms with Gasteiger partial charge in [-0.2, -0.15) is 12.6 Å². The van der Waals surface area contributed by atoms with Gasteiger partial charge < -0.3 is 37.2 Å². The minimum atomic E-state index is -1.50. The first-order valence-electron chi connectivity index (χ1n) is 10.0. The first-order chi connectivity index (χ1) is 14.6. The van der Waals surface area contributed by atoms with Gasteiger partial charge in [0, 0.05) is 12.3 Å². The van der Waals surface area contributed by atoms with Gasteiger partial charge in [-0.25, -0.2) is 4.79 Å². The summed E-state index contributed by atoms with van der Waals surface area (Å²) in [5.74, 6) is -4.63. The van der Waals surface area contributed by atoms with E-state index >= 15 is 0 Å². The molecule has 3 amide bonds. The molecule has 0 aliphatic carbocycles. The zero-order valence-corrected chi connectivity index (χ0v) is 18.1. The molecule has 1 aliphatic heterocycles. The van der Waals surface area contributed by atoms with Gasteiger partial charge in [0.15, 0.2) is 0 Å². The van der Waals surface area contributed by atoms with Gasteiger partial charge in [0.2, 0.25) is 17.7 Å². The quantitative estimate of drug-likeness (QED) is 0.118. The predicted molar refractivity (Wildman–Crippen MR) is 113 cm³/mol. The second-order valence-electron chi connectivity index (χ2n) is 7.32. The van der Waals surface area contributed by atoms with Crippen LogP contribution >= 0.6 is 12.6 Å². The van der Waals surface area contributed by atoms with Crippen molar-refractivity contribution in [1.82, 2.24) is 15.5 Å². The number of hydrogen-bond acceptors (Lipinski definition) is 8. The van der Waals surface area contributed by atoms with Crippen molar-refractivity contribution in [2.45, 2.75) is 62.7 Å². The standard InChI is InChI=1S/C18H31N5O7S/c19-6-2-1-4-11(18(29)30)21-15(26)12(8-14(24)25)22-16(27)13-5-3-7-23(13)17(28)10(20)9-31/h10-13,31H,1-9,19-20H2,(H,21,26)(H,22,27)(H,24,25)(H,29,30). The van der Waals surface area contributed by atoms with Crippen LogP contribution in [-0.2, 0) is 24.0 Å². The summed E-state index contributed by atoms with van der Waals surface area (Å²) in [7, 11) is 0. The SMILES string of the molecule is NCCCCC(NC(=O)C(CC(=O)O)NC(=O)C1CCCN1C(=O)C(N)CS)C(=O)O. The van der Waals surface area contributed by atoms with Gasteiger partial charge in [0.05, 0.1) is 12.5 Å². The number of nitrogens with two attached hydrogens (primary N) is 2. The largest absolute Gasteiger partial charge is 0.481 e. The molecule has 0 aromatic rings. The number of likely N-dealkylation sites (tertiary alicyclic amines) is 1. The minimum absolute atomic E-state index is 0.0917. The van der Waals surface area contributed by atoms with Crippen LogP contribution in [0.2, 0.25) is 0 Å². The first kappa shape index (κ1) is 26.7. The van der Waals surface area contributed by atoms with Gasteiger partial charge in [-0.3, -0.25) is 19.2 Å².